The zero-order valence-electron chi connectivity index (χ0n) is 9.61. The van der Waals surface area contributed by atoms with Crippen molar-refractivity contribution in [2.45, 2.75) is 20.3 Å². The number of hydrogen-bond donors (Lipinski definition) is 1. The maximum absolute atomic E-state index is 5.24. The fourth-order valence-electron chi connectivity index (χ4n) is 1.63. The van der Waals surface area contributed by atoms with E-state index in [1.54, 1.807) is 6.20 Å². The van der Waals surface area contributed by atoms with Crippen LogP contribution in [0.4, 0.5) is 0 Å². The average Bonchev–Trinajstić information content (AvgIpc) is 2.68. The number of hydrogen-bond acceptors (Lipinski definition) is 3. The summed E-state index contributed by atoms with van der Waals surface area (Å²) in [6.45, 7) is 4.09. The van der Waals surface area contributed by atoms with Gasteiger partial charge >= 0.3 is 0 Å². The van der Waals surface area contributed by atoms with Gasteiger partial charge in [0.25, 0.3) is 0 Å². The lowest BCUT2D eigenvalue weighted by Gasteiger charge is -2.07. The lowest BCUT2D eigenvalue weighted by Crippen LogP contribution is -2.02. The summed E-state index contributed by atoms with van der Waals surface area (Å²) in [5.74, 6) is 1.54. The van der Waals surface area contributed by atoms with Crippen molar-refractivity contribution in [2.24, 2.45) is 7.05 Å². The smallest absolute Gasteiger partial charge is 0.175 e. The van der Waals surface area contributed by atoms with E-state index >= 15 is 0 Å². The molecule has 0 aliphatic rings. The zero-order valence-corrected chi connectivity index (χ0v) is 10.4. The normalized spacial score (nSPS) is 10.7. The molecule has 0 aliphatic heterocycles. The zero-order chi connectivity index (χ0) is 11.7. The minimum absolute atomic E-state index is 0.647. The first-order valence-corrected chi connectivity index (χ1v) is 5.61. The van der Waals surface area contributed by atoms with E-state index in [0.717, 1.165) is 29.3 Å². The lowest BCUT2D eigenvalue weighted by molar-refractivity contribution is 0.887. The molecule has 5 heteroatoms. The highest BCUT2D eigenvalue weighted by Crippen LogP contribution is 2.15. The Morgan fingerprint density at radius 3 is 2.81 bits per heavy atom. The molecule has 0 atom stereocenters. The number of aromatic amines is 1. The lowest BCUT2D eigenvalue weighted by atomic mass is 10.2. The molecule has 0 radical (unpaired) electrons. The van der Waals surface area contributed by atoms with Crippen LogP contribution in [-0.2, 0) is 13.5 Å². The third kappa shape index (κ3) is 1.78. The Hall–Kier alpha value is -1.49. The molecule has 2 rings (SSSR count). The van der Waals surface area contributed by atoms with Crippen LogP contribution >= 0.6 is 12.2 Å². The van der Waals surface area contributed by atoms with Crippen LogP contribution in [0.1, 0.15) is 18.2 Å². The van der Waals surface area contributed by atoms with Crippen LogP contribution in [0.15, 0.2) is 12.4 Å². The molecule has 1 N–H and O–H groups in total. The van der Waals surface area contributed by atoms with E-state index in [1.165, 1.54) is 0 Å². The van der Waals surface area contributed by atoms with Gasteiger partial charge in [0.05, 0.1) is 0 Å². The van der Waals surface area contributed by atoms with Gasteiger partial charge in [-0.05, 0) is 13.3 Å². The van der Waals surface area contributed by atoms with E-state index < -0.39 is 0 Å². The molecule has 4 nitrogen and oxygen atoms in total. The first-order valence-electron chi connectivity index (χ1n) is 5.21. The molecule has 2 aromatic heterocycles. The highest BCUT2D eigenvalue weighted by Gasteiger charge is 2.08. The molecule has 0 saturated heterocycles. The Morgan fingerprint density at radius 1 is 1.50 bits per heavy atom. The fourth-order valence-corrected chi connectivity index (χ4v) is 1.85. The molecule has 84 valence electrons. The first-order chi connectivity index (χ1) is 7.63. The summed E-state index contributed by atoms with van der Waals surface area (Å²) in [5, 5.41) is 0. The quantitative estimate of drug-likeness (QED) is 0.812. The van der Waals surface area contributed by atoms with Crippen molar-refractivity contribution in [3.63, 3.8) is 0 Å². The third-order valence-corrected chi connectivity index (χ3v) is 3.04. The monoisotopic (exact) mass is 234 g/mol. The Kier molecular flexibility index (Phi) is 2.87. The van der Waals surface area contributed by atoms with Crippen molar-refractivity contribution in [1.82, 2.24) is 19.5 Å². The van der Waals surface area contributed by atoms with Crippen molar-refractivity contribution >= 4 is 12.2 Å². The maximum Gasteiger partial charge on any atom is 0.175 e. The average molecular weight is 234 g/mol. The van der Waals surface area contributed by atoms with Gasteiger partial charge in [-0.1, -0.05) is 19.1 Å². The largest absolute Gasteiger partial charge is 0.340 e. The van der Waals surface area contributed by atoms with Gasteiger partial charge in [0.15, 0.2) is 11.6 Å². The molecule has 0 saturated carbocycles. The van der Waals surface area contributed by atoms with Gasteiger partial charge in [-0.25, -0.2) is 9.97 Å². The van der Waals surface area contributed by atoms with E-state index in [4.69, 9.17) is 12.2 Å². The number of rotatable bonds is 2. The van der Waals surface area contributed by atoms with Gasteiger partial charge in [-0.2, -0.15) is 0 Å². The predicted octanol–water partition coefficient (Wildman–Crippen LogP) is 2.41. The number of nitrogens with zero attached hydrogens (tertiary/aromatic N) is 3. The van der Waals surface area contributed by atoms with Crippen LogP contribution in [0, 0.1) is 11.6 Å². The number of H-pyrrole nitrogens is 1. The van der Waals surface area contributed by atoms with Crippen LogP contribution in [0.2, 0.25) is 0 Å². The van der Waals surface area contributed by atoms with Crippen LogP contribution < -0.4 is 0 Å². The van der Waals surface area contributed by atoms with Gasteiger partial charge in [-0.15, -0.1) is 0 Å². The highest BCUT2D eigenvalue weighted by molar-refractivity contribution is 7.71. The molecular formula is C11H14N4S. The molecule has 0 aliphatic carbocycles. The summed E-state index contributed by atoms with van der Waals surface area (Å²) in [4.78, 5) is 11.9. The predicted molar refractivity (Wildman–Crippen MR) is 65.7 cm³/mol. The van der Waals surface area contributed by atoms with Crippen LogP contribution in [-0.4, -0.2) is 19.5 Å². The van der Waals surface area contributed by atoms with Crippen molar-refractivity contribution in [2.75, 3.05) is 0 Å². The second-order valence-corrected chi connectivity index (χ2v) is 4.10. The number of imidazole rings is 1. The summed E-state index contributed by atoms with van der Waals surface area (Å²) in [6, 6.07) is 0. The SMILES string of the molecule is CCc1[nH]c(-c2nccn2C)nc(=S)c1C. The Bertz CT molecular complexity index is 568. The first kappa shape index (κ1) is 11.0. The summed E-state index contributed by atoms with van der Waals surface area (Å²) < 4.78 is 2.57. The standard InChI is InChI=1S/C11H14N4S/c1-4-8-7(2)11(16)14-9(13-8)10-12-5-6-15(10)3/h5-6H,4H2,1-3H3,(H,13,14,16). The Morgan fingerprint density at radius 2 is 2.25 bits per heavy atom. The summed E-state index contributed by atoms with van der Waals surface area (Å²) >= 11 is 5.24. The second-order valence-electron chi connectivity index (χ2n) is 3.71. The van der Waals surface area contributed by atoms with Gasteiger partial charge in [0.1, 0.15) is 4.64 Å². The molecule has 0 spiro atoms. The molecular weight excluding hydrogens is 220 g/mol. The molecule has 0 fully saturated rings. The minimum atomic E-state index is 0.647. The molecule has 0 aromatic carbocycles. The van der Waals surface area contributed by atoms with Crippen molar-refractivity contribution in [1.29, 1.82) is 0 Å². The topological polar surface area (TPSA) is 46.5 Å². The summed E-state index contributed by atoms with van der Waals surface area (Å²) in [7, 11) is 1.94. The van der Waals surface area contributed by atoms with Crippen molar-refractivity contribution < 1.29 is 0 Å². The van der Waals surface area contributed by atoms with Gasteiger partial charge in [0, 0.05) is 30.7 Å². The fraction of sp³-hybridized carbons (Fsp3) is 0.364. The van der Waals surface area contributed by atoms with Crippen LogP contribution in [0.3, 0.4) is 0 Å². The van der Waals surface area contributed by atoms with E-state index in [2.05, 4.69) is 21.9 Å². The molecule has 16 heavy (non-hydrogen) atoms. The van der Waals surface area contributed by atoms with Gasteiger partial charge < -0.3 is 9.55 Å². The number of aromatic nitrogens is 4. The molecule has 0 bridgehead atoms. The maximum atomic E-state index is 5.24. The molecule has 0 amide bonds. The number of aryl methyl sites for hydroxylation is 2. The van der Waals surface area contributed by atoms with Crippen molar-refractivity contribution in [3.05, 3.63) is 28.3 Å². The minimum Gasteiger partial charge on any atom is -0.340 e. The van der Waals surface area contributed by atoms with Gasteiger partial charge in [0.2, 0.25) is 0 Å². The molecule has 2 aromatic rings. The Labute approximate surface area is 99.4 Å². The Balaban J connectivity index is 2.64. The van der Waals surface area contributed by atoms with E-state index in [1.807, 2.05) is 24.7 Å². The van der Waals surface area contributed by atoms with Crippen molar-refractivity contribution in [3.8, 4) is 11.6 Å². The molecule has 0 unspecified atom stereocenters. The number of nitrogens with one attached hydrogen (secondary N) is 1. The highest BCUT2D eigenvalue weighted by atomic mass is 32.1. The molecule has 2 heterocycles. The van der Waals surface area contributed by atoms with E-state index in [9.17, 15) is 0 Å². The third-order valence-electron chi connectivity index (χ3n) is 2.64. The van der Waals surface area contributed by atoms with Gasteiger partial charge in [-0.3, -0.25) is 0 Å². The summed E-state index contributed by atoms with van der Waals surface area (Å²) in [5.41, 5.74) is 2.17. The van der Waals surface area contributed by atoms with Crippen LogP contribution in [0.25, 0.3) is 11.6 Å². The van der Waals surface area contributed by atoms with E-state index in [-0.39, 0.29) is 0 Å². The van der Waals surface area contributed by atoms with E-state index in [0.29, 0.717) is 4.64 Å². The summed E-state index contributed by atoms with van der Waals surface area (Å²) in [6.07, 6.45) is 4.55. The van der Waals surface area contributed by atoms with Crippen LogP contribution in [0.5, 0.6) is 0 Å². The second kappa shape index (κ2) is 4.17.